The lowest BCUT2D eigenvalue weighted by Gasteiger charge is -2.23. The van der Waals surface area contributed by atoms with Gasteiger partial charge in [-0.2, -0.15) is 0 Å². The molecule has 1 nitrogen and oxygen atoms in total. The molecule has 3 aromatic heterocycles. The molecule has 0 aliphatic rings. The summed E-state index contributed by atoms with van der Waals surface area (Å²) in [6, 6.07) is 24.6. The van der Waals surface area contributed by atoms with Gasteiger partial charge in [-0.15, -0.1) is 22.7 Å². The number of hydrogen-bond donors (Lipinski definition) is 0. The Morgan fingerprint density at radius 3 is 2.41 bits per heavy atom. The summed E-state index contributed by atoms with van der Waals surface area (Å²) in [5, 5.41) is 5.21. The molecule has 0 atom stereocenters. The van der Waals surface area contributed by atoms with E-state index in [2.05, 4.69) is 101 Å². The van der Waals surface area contributed by atoms with Crippen molar-refractivity contribution in [2.75, 3.05) is 0 Å². The Kier molecular flexibility index (Phi) is 4.91. The van der Waals surface area contributed by atoms with Crippen LogP contribution in [0.15, 0.2) is 72.9 Å². The van der Waals surface area contributed by atoms with Crippen LogP contribution in [0.25, 0.3) is 52.6 Å². The zero-order chi connectivity index (χ0) is 23.6. The molecular weight excluding hydrogens is 450 g/mol. The van der Waals surface area contributed by atoms with Crippen LogP contribution in [0, 0.1) is 13.8 Å². The van der Waals surface area contributed by atoms with E-state index in [0.29, 0.717) is 0 Å². The monoisotopic (exact) mass is 477 g/mol. The number of pyridine rings is 1. The quantitative estimate of drug-likeness (QED) is 0.242. The molecule has 0 bridgehead atoms. The van der Waals surface area contributed by atoms with E-state index >= 15 is 0 Å². The molecule has 0 unspecified atom stereocenters. The van der Waals surface area contributed by atoms with Crippen molar-refractivity contribution in [3.63, 3.8) is 0 Å². The summed E-state index contributed by atoms with van der Waals surface area (Å²) in [7, 11) is 0. The number of fused-ring (bicyclic) bond motifs is 3. The first-order valence-electron chi connectivity index (χ1n) is 11.7. The van der Waals surface area contributed by atoms with Crippen molar-refractivity contribution in [2.24, 2.45) is 0 Å². The van der Waals surface area contributed by atoms with Crippen molar-refractivity contribution in [1.29, 1.82) is 0 Å². The Bertz CT molecular complexity index is 1710. The lowest BCUT2D eigenvalue weighted by molar-refractivity contribution is 0.596. The van der Waals surface area contributed by atoms with E-state index in [4.69, 9.17) is 4.98 Å². The fraction of sp³-hybridized carbons (Fsp3) is 0.194. The predicted octanol–water partition coefficient (Wildman–Crippen LogP) is 9.91. The third-order valence-electron chi connectivity index (χ3n) is 6.70. The minimum atomic E-state index is 0.0467. The molecule has 0 saturated heterocycles. The molecule has 0 spiro atoms. The largest absolute Gasteiger partial charge is 0.256 e. The van der Waals surface area contributed by atoms with Gasteiger partial charge < -0.3 is 0 Å². The second-order valence-corrected chi connectivity index (χ2v) is 12.5. The molecule has 6 aromatic rings. The normalized spacial score (nSPS) is 12.3. The van der Waals surface area contributed by atoms with E-state index in [1.54, 1.807) is 0 Å². The second kappa shape index (κ2) is 7.76. The van der Waals surface area contributed by atoms with Crippen molar-refractivity contribution in [1.82, 2.24) is 4.98 Å². The number of benzene rings is 3. The number of rotatable bonds is 2. The third-order valence-corrected chi connectivity index (χ3v) is 9.09. The number of nitrogens with zero attached hydrogens (tertiary/aromatic N) is 1. The van der Waals surface area contributed by atoms with Gasteiger partial charge in [-0.3, -0.25) is 4.98 Å². The molecule has 0 aliphatic heterocycles. The first kappa shape index (κ1) is 21.5. The number of aromatic nitrogens is 1. The molecule has 3 heterocycles. The summed E-state index contributed by atoms with van der Waals surface area (Å²) in [6.07, 6.45) is 1.97. The summed E-state index contributed by atoms with van der Waals surface area (Å²) in [5.74, 6) is 0. The number of aryl methyl sites for hydroxylation is 2. The fourth-order valence-corrected chi connectivity index (χ4v) is 7.44. The lowest BCUT2D eigenvalue weighted by Crippen LogP contribution is -2.12. The van der Waals surface area contributed by atoms with Crippen LogP contribution in [0.3, 0.4) is 0 Å². The Labute approximate surface area is 208 Å². The summed E-state index contributed by atoms with van der Waals surface area (Å²) < 4.78 is 2.68. The van der Waals surface area contributed by atoms with Crippen LogP contribution in [0.5, 0.6) is 0 Å². The van der Waals surface area contributed by atoms with E-state index < -0.39 is 0 Å². The molecule has 0 radical (unpaired) electrons. The van der Waals surface area contributed by atoms with Gasteiger partial charge >= 0.3 is 0 Å². The molecule has 6 rings (SSSR count). The maximum absolute atomic E-state index is 4.95. The second-order valence-electron chi connectivity index (χ2n) is 10.2. The number of thiophene rings is 2. The molecule has 0 saturated carbocycles. The van der Waals surface area contributed by atoms with Gasteiger partial charge in [0.2, 0.25) is 0 Å². The van der Waals surface area contributed by atoms with Crippen molar-refractivity contribution in [3.05, 3.63) is 88.9 Å². The van der Waals surface area contributed by atoms with E-state index in [9.17, 15) is 0 Å². The zero-order valence-electron chi connectivity index (χ0n) is 20.2. The molecule has 0 fully saturated rings. The van der Waals surface area contributed by atoms with Crippen LogP contribution in [0.1, 0.15) is 36.8 Å². The van der Waals surface area contributed by atoms with Gasteiger partial charge in [-0.25, -0.2) is 0 Å². The van der Waals surface area contributed by atoms with Crippen LogP contribution >= 0.6 is 22.7 Å². The van der Waals surface area contributed by atoms with E-state index in [0.717, 1.165) is 5.69 Å². The SMILES string of the molecule is Cc1cc2cccc(-c3sc4ccnc(-c5cc(C(C)(C)C)c6ccccc6c5)c4c3C)c2s1. The number of hydrogen-bond acceptors (Lipinski definition) is 3. The highest BCUT2D eigenvalue weighted by Gasteiger charge is 2.21. The van der Waals surface area contributed by atoms with Crippen LogP contribution in [0.4, 0.5) is 0 Å². The van der Waals surface area contributed by atoms with E-state index in [1.165, 1.54) is 63.0 Å². The van der Waals surface area contributed by atoms with Gasteiger partial charge in [-0.05, 0) is 70.8 Å². The van der Waals surface area contributed by atoms with Gasteiger partial charge in [0.25, 0.3) is 0 Å². The van der Waals surface area contributed by atoms with Crippen LogP contribution in [-0.4, -0.2) is 4.98 Å². The average molecular weight is 478 g/mol. The molecule has 168 valence electrons. The van der Waals surface area contributed by atoms with Crippen molar-refractivity contribution >= 4 is 53.6 Å². The molecule has 0 N–H and O–H groups in total. The van der Waals surface area contributed by atoms with Crippen molar-refractivity contribution in [2.45, 2.75) is 40.0 Å². The lowest BCUT2D eigenvalue weighted by atomic mass is 9.82. The zero-order valence-corrected chi connectivity index (χ0v) is 21.8. The molecule has 34 heavy (non-hydrogen) atoms. The first-order valence-corrected chi connectivity index (χ1v) is 13.4. The highest BCUT2D eigenvalue weighted by atomic mass is 32.1. The fourth-order valence-electron chi connectivity index (χ4n) is 5.11. The maximum atomic E-state index is 4.95. The third kappa shape index (κ3) is 3.38. The van der Waals surface area contributed by atoms with Gasteiger partial charge in [0.15, 0.2) is 0 Å². The Morgan fingerprint density at radius 2 is 1.59 bits per heavy atom. The van der Waals surface area contributed by atoms with Gasteiger partial charge in [0, 0.05) is 41.9 Å². The topological polar surface area (TPSA) is 12.9 Å². The van der Waals surface area contributed by atoms with Gasteiger partial charge in [0.05, 0.1) is 5.69 Å². The summed E-state index contributed by atoms with van der Waals surface area (Å²) in [4.78, 5) is 7.66. The minimum Gasteiger partial charge on any atom is -0.256 e. The first-order chi connectivity index (χ1) is 16.3. The molecule has 3 aromatic carbocycles. The maximum Gasteiger partial charge on any atom is 0.0791 e. The smallest absolute Gasteiger partial charge is 0.0791 e. The molecular formula is C31H27NS2. The molecule has 0 amide bonds. The predicted molar refractivity (Wildman–Crippen MR) is 152 cm³/mol. The van der Waals surface area contributed by atoms with E-state index in [1.807, 2.05) is 28.9 Å². The molecule has 3 heteroatoms. The van der Waals surface area contributed by atoms with Crippen LogP contribution < -0.4 is 0 Å². The van der Waals surface area contributed by atoms with Crippen LogP contribution in [0.2, 0.25) is 0 Å². The average Bonchev–Trinajstić information content (AvgIpc) is 3.36. The summed E-state index contributed by atoms with van der Waals surface area (Å²) in [6.45, 7) is 11.4. The Hall–Kier alpha value is -3.01. The Balaban J connectivity index is 1.63. The van der Waals surface area contributed by atoms with Gasteiger partial charge in [-0.1, -0.05) is 63.2 Å². The standard InChI is InChI=1S/C31H27NS2/c1-18-15-21-10-8-12-24(30(21)33-18)29-19(2)27-26(34-29)13-14-32-28(27)22-16-20-9-6-7-11-23(20)25(17-22)31(3,4)5/h6-17H,1-5H3. The highest BCUT2D eigenvalue weighted by molar-refractivity contribution is 7.24. The summed E-state index contributed by atoms with van der Waals surface area (Å²) in [5.41, 5.74) is 6.37. The summed E-state index contributed by atoms with van der Waals surface area (Å²) >= 11 is 3.78. The van der Waals surface area contributed by atoms with Crippen LogP contribution in [-0.2, 0) is 5.41 Å². The van der Waals surface area contributed by atoms with Gasteiger partial charge in [0.1, 0.15) is 0 Å². The molecule has 0 aliphatic carbocycles. The van der Waals surface area contributed by atoms with E-state index in [-0.39, 0.29) is 5.41 Å². The van der Waals surface area contributed by atoms with Crippen molar-refractivity contribution in [3.8, 4) is 21.7 Å². The minimum absolute atomic E-state index is 0.0467. The highest BCUT2D eigenvalue weighted by Crippen LogP contribution is 2.46. The van der Waals surface area contributed by atoms with Crippen molar-refractivity contribution < 1.29 is 0 Å². The Morgan fingerprint density at radius 1 is 0.794 bits per heavy atom.